The lowest BCUT2D eigenvalue weighted by Crippen LogP contribution is -2.35. The Morgan fingerprint density at radius 3 is 2.90 bits per heavy atom. The summed E-state index contributed by atoms with van der Waals surface area (Å²) in [6.07, 6.45) is 0.765. The zero-order valence-electron chi connectivity index (χ0n) is 11.1. The number of H-pyrrole nitrogens is 2. The van der Waals surface area contributed by atoms with Crippen molar-refractivity contribution in [3.05, 3.63) is 60.2 Å². The van der Waals surface area contributed by atoms with E-state index in [1.807, 2.05) is 12.1 Å². The van der Waals surface area contributed by atoms with Gasteiger partial charge < -0.3 is 4.98 Å². The minimum absolute atomic E-state index is 0.115. The van der Waals surface area contributed by atoms with Crippen LogP contribution in [0.15, 0.2) is 23.0 Å². The largest absolute Gasteiger partial charge is 0.335 e. The average molecular weight is 342 g/mol. The summed E-state index contributed by atoms with van der Waals surface area (Å²) in [5.74, 6) is 0. The Morgan fingerprint density at radius 1 is 1.29 bits per heavy atom. The van der Waals surface area contributed by atoms with E-state index in [0.717, 1.165) is 29.8 Å². The van der Waals surface area contributed by atoms with E-state index in [0.29, 0.717) is 27.9 Å². The van der Waals surface area contributed by atoms with Crippen molar-refractivity contribution in [2.75, 3.05) is 6.54 Å². The molecular weight excluding hydrogens is 329 g/mol. The second kappa shape index (κ2) is 5.93. The van der Waals surface area contributed by atoms with Crippen molar-refractivity contribution >= 4 is 35.4 Å². The predicted molar refractivity (Wildman–Crippen MR) is 86.5 cm³/mol. The molecule has 0 radical (unpaired) electrons. The van der Waals surface area contributed by atoms with Gasteiger partial charge in [-0.2, -0.15) is 0 Å². The first-order chi connectivity index (χ1) is 10.0. The van der Waals surface area contributed by atoms with Crippen LogP contribution < -0.4 is 5.56 Å². The number of benzene rings is 1. The van der Waals surface area contributed by atoms with E-state index in [4.69, 9.17) is 35.4 Å². The van der Waals surface area contributed by atoms with Gasteiger partial charge in [-0.05, 0) is 23.8 Å². The molecule has 0 saturated heterocycles. The highest BCUT2D eigenvalue weighted by atomic mass is 35.5. The number of hydrogen-bond donors (Lipinski definition) is 2. The molecule has 0 saturated carbocycles. The van der Waals surface area contributed by atoms with E-state index < -0.39 is 0 Å². The van der Waals surface area contributed by atoms with Gasteiger partial charge in [0.1, 0.15) is 0 Å². The fraction of sp³-hybridized carbons (Fsp3) is 0.286. The first-order valence-electron chi connectivity index (χ1n) is 6.54. The van der Waals surface area contributed by atoms with Gasteiger partial charge in [0.05, 0.1) is 15.6 Å². The predicted octanol–water partition coefficient (Wildman–Crippen LogP) is 3.30. The van der Waals surface area contributed by atoms with Crippen LogP contribution in [0.4, 0.5) is 0 Å². The molecular formula is C14H13Cl2N3OS. The van der Waals surface area contributed by atoms with Crippen LogP contribution in [0, 0.1) is 4.77 Å². The van der Waals surface area contributed by atoms with Gasteiger partial charge in [-0.1, -0.05) is 35.3 Å². The Hall–Kier alpha value is -1.14. The maximum Gasteiger partial charge on any atom is 0.256 e. The number of nitrogens with one attached hydrogen (secondary N) is 2. The molecule has 0 unspecified atom stereocenters. The maximum atomic E-state index is 12.0. The van der Waals surface area contributed by atoms with Crippen LogP contribution in [0.5, 0.6) is 0 Å². The van der Waals surface area contributed by atoms with Gasteiger partial charge in [0.15, 0.2) is 4.77 Å². The topological polar surface area (TPSA) is 51.9 Å². The lowest BCUT2D eigenvalue weighted by atomic mass is 10.1. The number of fused-ring (bicyclic) bond motifs is 1. The van der Waals surface area contributed by atoms with Gasteiger partial charge in [0, 0.05) is 31.7 Å². The van der Waals surface area contributed by atoms with Crippen LogP contribution in [0.25, 0.3) is 0 Å². The van der Waals surface area contributed by atoms with Gasteiger partial charge in [-0.25, -0.2) is 0 Å². The highest BCUT2D eigenvalue weighted by Gasteiger charge is 2.20. The third kappa shape index (κ3) is 3.06. The minimum Gasteiger partial charge on any atom is -0.335 e. The fourth-order valence-electron chi connectivity index (χ4n) is 2.56. The number of rotatable bonds is 2. The van der Waals surface area contributed by atoms with Crippen LogP contribution >= 0.6 is 35.4 Å². The summed E-state index contributed by atoms with van der Waals surface area (Å²) in [4.78, 5) is 19.9. The van der Waals surface area contributed by atoms with Crippen molar-refractivity contribution in [1.29, 1.82) is 0 Å². The highest BCUT2D eigenvalue weighted by molar-refractivity contribution is 7.71. The maximum absolute atomic E-state index is 12.0. The molecule has 110 valence electrons. The van der Waals surface area contributed by atoms with Crippen molar-refractivity contribution in [3.63, 3.8) is 0 Å². The van der Waals surface area contributed by atoms with Crippen molar-refractivity contribution in [2.24, 2.45) is 0 Å². The van der Waals surface area contributed by atoms with Gasteiger partial charge in [0.2, 0.25) is 0 Å². The van der Waals surface area contributed by atoms with Gasteiger partial charge in [-0.15, -0.1) is 0 Å². The summed E-state index contributed by atoms with van der Waals surface area (Å²) < 4.78 is 0.380. The normalized spacial score (nSPS) is 15.0. The quantitative estimate of drug-likeness (QED) is 0.824. The number of aromatic nitrogens is 2. The molecule has 4 nitrogen and oxygen atoms in total. The van der Waals surface area contributed by atoms with Crippen molar-refractivity contribution in [3.8, 4) is 0 Å². The second-order valence-corrected chi connectivity index (χ2v) is 6.23. The molecule has 0 atom stereocenters. The smallest absolute Gasteiger partial charge is 0.256 e. The summed E-state index contributed by atoms with van der Waals surface area (Å²) in [7, 11) is 0. The van der Waals surface area contributed by atoms with Crippen molar-refractivity contribution in [1.82, 2.24) is 14.9 Å². The first kappa shape index (κ1) is 14.8. The van der Waals surface area contributed by atoms with E-state index in [9.17, 15) is 4.79 Å². The molecule has 2 aromatic rings. The molecule has 0 amide bonds. The molecule has 1 aromatic carbocycles. The Morgan fingerprint density at radius 2 is 2.10 bits per heavy atom. The summed E-state index contributed by atoms with van der Waals surface area (Å²) in [5, 5.41) is 1.12. The summed E-state index contributed by atoms with van der Waals surface area (Å²) in [6.45, 7) is 2.07. The Labute approximate surface area is 136 Å². The van der Waals surface area contributed by atoms with Crippen LogP contribution in [0.3, 0.4) is 0 Å². The van der Waals surface area contributed by atoms with Gasteiger partial charge in [-0.3, -0.25) is 14.7 Å². The molecule has 0 aliphatic carbocycles. The molecule has 1 aromatic heterocycles. The van der Waals surface area contributed by atoms with E-state index in [1.165, 1.54) is 0 Å². The minimum atomic E-state index is -0.115. The zero-order chi connectivity index (χ0) is 15.0. The average Bonchev–Trinajstić information content (AvgIpc) is 2.44. The van der Waals surface area contributed by atoms with E-state index in [2.05, 4.69) is 14.9 Å². The first-order valence-corrected chi connectivity index (χ1v) is 7.70. The van der Waals surface area contributed by atoms with Gasteiger partial charge >= 0.3 is 0 Å². The standard InChI is InChI=1S/C14H13Cl2N3OS/c15-10-3-1-2-8(12(10)16)6-19-5-4-11-9(7-19)13(20)18-14(21)17-11/h1-3H,4-7H2,(H2,17,18,20,21). The lowest BCUT2D eigenvalue weighted by molar-refractivity contribution is 0.241. The zero-order valence-corrected chi connectivity index (χ0v) is 13.4. The van der Waals surface area contributed by atoms with Crippen LogP contribution in [-0.2, 0) is 19.5 Å². The number of halogens is 2. The van der Waals surface area contributed by atoms with Crippen LogP contribution in [0.1, 0.15) is 16.8 Å². The van der Waals surface area contributed by atoms with Crippen LogP contribution in [-0.4, -0.2) is 21.4 Å². The molecule has 0 bridgehead atoms. The Balaban J connectivity index is 1.85. The second-order valence-electron chi connectivity index (χ2n) is 5.04. The summed E-state index contributed by atoms with van der Waals surface area (Å²) >= 11 is 17.2. The Kier molecular flexibility index (Phi) is 4.17. The van der Waals surface area contributed by atoms with Crippen molar-refractivity contribution < 1.29 is 0 Å². The molecule has 0 spiro atoms. The van der Waals surface area contributed by atoms with Gasteiger partial charge in [0.25, 0.3) is 5.56 Å². The fourth-order valence-corrected chi connectivity index (χ4v) is 3.15. The molecule has 7 heteroatoms. The number of aromatic amines is 2. The molecule has 21 heavy (non-hydrogen) atoms. The number of nitrogens with zero attached hydrogens (tertiary/aromatic N) is 1. The SMILES string of the molecule is O=c1[nH]c(=S)[nH]c2c1CN(Cc1cccc(Cl)c1Cl)CC2. The van der Waals surface area contributed by atoms with E-state index in [1.54, 1.807) is 6.07 Å². The number of hydrogen-bond acceptors (Lipinski definition) is 3. The molecule has 2 heterocycles. The third-order valence-corrected chi connectivity index (χ3v) is 4.68. The molecule has 3 rings (SSSR count). The third-order valence-electron chi connectivity index (χ3n) is 3.62. The molecule has 1 aliphatic heterocycles. The highest BCUT2D eigenvalue weighted by Crippen LogP contribution is 2.27. The van der Waals surface area contributed by atoms with Crippen LogP contribution in [0.2, 0.25) is 10.0 Å². The summed E-state index contributed by atoms with van der Waals surface area (Å²) in [5.41, 5.74) is 2.52. The van der Waals surface area contributed by atoms with E-state index >= 15 is 0 Å². The lowest BCUT2D eigenvalue weighted by Gasteiger charge is -2.28. The summed E-state index contributed by atoms with van der Waals surface area (Å²) in [6, 6.07) is 5.60. The molecule has 2 N–H and O–H groups in total. The molecule has 1 aliphatic rings. The van der Waals surface area contributed by atoms with E-state index in [-0.39, 0.29) is 5.56 Å². The Bertz CT molecular complexity index is 800. The molecule has 0 fully saturated rings. The monoisotopic (exact) mass is 341 g/mol. The van der Waals surface area contributed by atoms with Crippen molar-refractivity contribution in [2.45, 2.75) is 19.5 Å².